The Morgan fingerprint density at radius 1 is 1.58 bits per heavy atom. The average molecular weight is 265 g/mol. The summed E-state index contributed by atoms with van der Waals surface area (Å²) in [4.78, 5) is 22.2. The molecule has 102 valence electrons. The van der Waals surface area contributed by atoms with Crippen molar-refractivity contribution in [2.45, 2.75) is 6.42 Å². The highest BCUT2D eigenvalue weighted by atomic mass is 16.6. The van der Waals surface area contributed by atoms with E-state index in [4.69, 9.17) is 4.74 Å². The molecule has 19 heavy (non-hydrogen) atoms. The zero-order chi connectivity index (χ0) is 13.8. The Morgan fingerprint density at radius 3 is 2.95 bits per heavy atom. The second-order valence-corrected chi connectivity index (χ2v) is 4.32. The lowest BCUT2D eigenvalue weighted by atomic mass is 10.1. The highest BCUT2D eigenvalue weighted by Gasteiger charge is 2.23. The minimum Gasteiger partial charge on any atom is -0.495 e. The van der Waals surface area contributed by atoms with Gasteiger partial charge in [-0.15, -0.1) is 0 Å². The Bertz CT molecular complexity index is 498. The van der Waals surface area contributed by atoms with Crippen molar-refractivity contribution < 1.29 is 14.5 Å². The van der Waals surface area contributed by atoms with Gasteiger partial charge in [-0.1, -0.05) is 0 Å². The number of nitro groups is 1. The molecule has 0 aromatic heterocycles. The number of amides is 1. The molecule has 0 bridgehead atoms. The lowest BCUT2D eigenvalue weighted by Crippen LogP contribution is -2.24. The van der Waals surface area contributed by atoms with Crippen LogP contribution in [0, 0.1) is 16.0 Å². The third-order valence-electron chi connectivity index (χ3n) is 3.08. The molecule has 1 aliphatic rings. The number of hydrogen-bond donors (Lipinski definition) is 2. The Morgan fingerprint density at radius 2 is 2.37 bits per heavy atom. The van der Waals surface area contributed by atoms with Crippen LogP contribution in [-0.4, -0.2) is 31.0 Å². The van der Waals surface area contributed by atoms with Gasteiger partial charge in [0.25, 0.3) is 5.69 Å². The fourth-order valence-electron chi connectivity index (χ4n) is 2.02. The van der Waals surface area contributed by atoms with Crippen LogP contribution in [0.4, 0.5) is 11.4 Å². The molecule has 0 aliphatic carbocycles. The smallest absolute Gasteiger partial charge is 0.271 e. The maximum Gasteiger partial charge on any atom is 0.271 e. The summed E-state index contributed by atoms with van der Waals surface area (Å²) in [6.07, 6.45) is 0.767. The number of nitro benzene ring substituents is 1. The second-order valence-electron chi connectivity index (χ2n) is 4.32. The normalized spacial score (nSPS) is 18.1. The van der Waals surface area contributed by atoms with Gasteiger partial charge in [-0.25, -0.2) is 0 Å². The fraction of sp³-hybridized carbons (Fsp3) is 0.417. The molecule has 1 saturated heterocycles. The van der Waals surface area contributed by atoms with Crippen LogP contribution in [0.2, 0.25) is 0 Å². The predicted molar refractivity (Wildman–Crippen MR) is 69.3 cm³/mol. The third-order valence-corrected chi connectivity index (χ3v) is 3.08. The predicted octanol–water partition coefficient (Wildman–Crippen LogP) is 1.15. The summed E-state index contributed by atoms with van der Waals surface area (Å²) in [5.74, 6) is 0.151. The number of benzene rings is 1. The number of non-ortho nitro benzene ring substituents is 1. The second kappa shape index (κ2) is 5.66. The highest BCUT2D eigenvalue weighted by Crippen LogP contribution is 2.29. The lowest BCUT2D eigenvalue weighted by molar-refractivity contribution is -0.384. The van der Waals surface area contributed by atoms with Crippen molar-refractivity contribution in [2.75, 3.05) is 25.5 Å². The van der Waals surface area contributed by atoms with Gasteiger partial charge in [0.15, 0.2) is 0 Å². The Balaban J connectivity index is 2.19. The van der Waals surface area contributed by atoms with Gasteiger partial charge in [0.1, 0.15) is 5.75 Å². The summed E-state index contributed by atoms with van der Waals surface area (Å²) in [5.41, 5.74) is 0.245. The van der Waals surface area contributed by atoms with Gasteiger partial charge in [-0.3, -0.25) is 14.9 Å². The van der Waals surface area contributed by atoms with Gasteiger partial charge >= 0.3 is 0 Å². The van der Waals surface area contributed by atoms with Crippen molar-refractivity contribution in [3.8, 4) is 5.75 Å². The molecule has 2 N–H and O–H groups in total. The van der Waals surface area contributed by atoms with Gasteiger partial charge in [0, 0.05) is 18.7 Å². The number of rotatable bonds is 4. The van der Waals surface area contributed by atoms with Gasteiger partial charge in [0.05, 0.1) is 23.6 Å². The number of nitrogens with one attached hydrogen (secondary N) is 2. The van der Waals surface area contributed by atoms with Crippen molar-refractivity contribution in [3.63, 3.8) is 0 Å². The Labute approximate surface area is 110 Å². The summed E-state index contributed by atoms with van der Waals surface area (Å²) in [5, 5.41) is 16.5. The Hall–Kier alpha value is -2.15. The fourth-order valence-corrected chi connectivity index (χ4v) is 2.02. The third kappa shape index (κ3) is 3.00. The number of carbonyl (C=O) groups is 1. The van der Waals surface area contributed by atoms with Crippen molar-refractivity contribution in [2.24, 2.45) is 5.92 Å². The number of methoxy groups -OCH3 is 1. The molecule has 7 nitrogen and oxygen atoms in total. The van der Waals surface area contributed by atoms with E-state index in [1.54, 1.807) is 0 Å². The van der Waals surface area contributed by atoms with E-state index in [9.17, 15) is 14.9 Å². The molecule has 1 heterocycles. The van der Waals surface area contributed by atoms with E-state index in [1.165, 1.54) is 25.3 Å². The molecule has 1 aliphatic heterocycles. The van der Waals surface area contributed by atoms with Crippen LogP contribution in [-0.2, 0) is 4.79 Å². The first-order chi connectivity index (χ1) is 9.11. The molecule has 1 fully saturated rings. The largest absolute Gasteiger partial charge is 0.495 e. The van der Waals surface area contributed by atoms with Crippen molar-refractivity contribution in [1.29, 1.82) is 0 Å². The van der Waals surface area contributed by atoms with Gasteiger partial charge < -0.3 is 15.4 Å². The maximum absolute atomic E-state index is 12.0. The van der Waals surface area contributed by atoms with Gasteiger partial charge in [0.2, 0.25) is 5.91 Å². The standard InChI is InChI=1S/C12H15N3O4/c1-19-11-3-2-9(15(17)18)6-10(11)14-12(16)8-4-5-13-7-8/h2-3,6,8,13H,4-5,7H2,1H3,(H,14,16). The maximum atomic E-state index is 12.0. The quantitative estimate of drug-likeness (QED) is 0.629. The van der Waals surface area contributed by atoms with Crippen LogP contribution in [0.25, 0.3) is 0 Å². The first-order valence-electron chi connectivity index (χ1n) is 5.96. The topological polar surface area (TPSA) is 93.5 Å². The average Bonchev–Trinajstić information content (AvgIpc) is 2.92. The Kier molecular flexibility index (Phi) is 3.96. The number of hydrogen-bond acceptors (Lipinski definition) is 5. The zero-order valence-electron chi connectivity index (χ0n) is 10.5. The summed E-state index contributed by atoms with van der Waals surface area (Å²) < 4.78 is 5.09. The molecule has 2 rings (SSSR count). The number of anilines is 1. The molecule has 0 saturated carbocycles. The van der Waals surface area contributed by atoms with E-state index >= 15 is 0 Å². The van der Waals surface area contributed by atoms with E-state index in [0.29, 0.717) is 18.0 Å². The van der Waals surface area contributed by atoms with E-state index in [1.807, 2.05) is 0 Å². The molecule has 0 radical (unpaired) electrons. The van der Waals surface area contributed by atoms with E-state index in [-0.39, 0.29) is 17.5 Å². The van der Waals surface area contributed by atoms with Crippen LogP contribution in [0.1, 0.15) is 6.42 Å². The van der Waals surface area contributed by atoms with E-state index < -0.39 is 4.92 Å². The summed E-state index contributed by atoms with van der Waals surface area (Å²) in [6.45, 7) is 1.44. The first kappa shape index (κ1) is 13.3. The SMILES string of the molecule is COc1ccc([N+](=O)[O-])cc1NC(=O)C1CCNC1. The molecular formula is C12H15N3O4. The zero-order valence-corrected chi connectivity index (χ0v) is 10.5. The molecule has 7 heteroatoms. The molecule has 1 aromatic carbocycles. The van der Waals surface area contributed by atoms with E-state index in [0.717, 1.165) is 13.0 Å². The molecular weight excluding hydrogens is 250 g/mol. The lowest BCUT2D eigenvalue weighted by Gasteiger charge is -2.12. The van der Waals surface area contributed by atoms with Crippen LogP contribution in [0.15, 0.2) is 18.2 Å². The van der Waals surface area contributed by atoms with Crippen molar-refractivity contribution in [1.82, 2.24) is 5.32 Å². The molecule has 1 atom stereocenters. The van der Waals surface area contributed by atoms with Crippen molar-refractivity contribution >= 4 is 17.3 Å². The summed E-state index contributed by atoms with van der Waals surface area (Å²) >= 11 is 0. The van der Waals surface area contributed by atoms with Gasteiger partial charge in [-0.2, -0.15) is 0 Å². The molecule has 1 amide bonds. The first-order valence-corrected chi connectivity index (χ1v) is 5.96. The summed E-state index contributed by atoms with van der Waals surface area (Å²) in [6, 6.07) is 4.12. The highest BCUT2D eigenvalue weighted by molar-refractivity contribution is 5.94. The summed E-state index contributed by atoms with van der Waals surface area (Å²) in [7, 11) is 1.45. The number of ether oxygens (including phenoxy) is 1. The van der Waals surface area contributed by atoms with Crippen LogP contribution in [0.3, 0.4) is 0 Å². The van der Waals surface area contributed by atoms with Crippen molar-refractivity contribution in [3.05, 3.63) is 28.3 Å². The van der Waals surface area contributed by atoms with Crippen LogP contribution in [0.5, 0.6) is 5.75 Å². The van der Waals surface area contributed by atoms with Crippen LogP contribution < -0.4 is 15.4 Å². The van der Waals surface area contributed by atoms with E-state index in [2.05, 4.69) is 10.6 Å². The monoisotopic (exact) mass is 265 g/mol. The minimum absolute atomic E-state index is 0.0827. The molecule has 1 unspecified atom stereocenters. The van der Waals surface area contributed by atoms with Crippen LogP contribution >= 0.6 is 0 Å². The van der Waals surface area contributed by atoms with Gasteiger partial charge in [-0.05, 0) is 19.0 Å². The number of nitrogens with zero attached hydrogens (tertiary/aromatic N) is 1. The number of carbonyl (C=O) groups excluding carboxylic acids is 1. The molecule has 1 aromatic rings. The minimum atomic E-state index is -0.508. The molecule has 0 spiro atoms.